The van der Waals surface area contributed by atoms with Crippen LogP contribution >= 0.6 is 11.3 Å². The van der Waals surface area contributed by atoms with E-state index >= 15 is 0 Å². The molecule has 0 saturated carbocycles. The number of nitrogen functional groups attached to an aromatic ring is 1. The van der Waals surface area contributed by atoms with Crippen molar-refractivity contribution in [1.29, 1.82) is 0 Å². The van der Waals surface area contributed by atoms with E-state index in [2.05, 4.69) is 9.71 Å². The van der Waals surface area contributed by atoms with E-state index in [-0.39, 0.29) is 16.6 Å². The summed E-state index contributed by atoms with van der Waals surface area (Å²) in [6, 6.07) is 4.46. The number of rotatable bonds is 5. The van der Waals surface area contributed by atoms with E-state index in [1.165, 1.54) is 30.6 Å². The Morgan fingerprint density at radius 3 is 2.67 bits per heavy atom. The number of nitrogens with two attached hydrogens (primary N) is 1. The Hall–Kier alpha value is -1.80. The van der Waals surface area contributed by atoms with Gasteiger partial charge in [-0.2, -0.15) is 0 Å². The fourth-order valence-electron chi connectivity index (χ4n) is 1.67. The maximum Gasteiger partial charge on any atom is 0.267 e. The quantitative estimate of drug-likeness (QED) is 0.823. The zero-order valence-corrected chi connectivity index (χ0v) is 13.6. The second-order valence-electron chi connectivity index (χ2n) is 4.75. The normalized spacial score (nSPS) is 11.6. The number of hydrogen-bond acceptors (Lipinski definition) is 6. The van der Waals surface area contributed by atoms with Gasteiger partial charge in [-0.15, -0.1) is 11.3 Å². The molecule has 0 saturated heterocycles. The summed E-state index contributed by atoms with van der Waals surface area (Å²) in [6.07, 6.45) is 0. The molecule has 1 aromatic carbocycles. The number of hydrogen-bond donors (Lipinski definition) is 2. The molecule has 21 heavy (non-hydrogen) atoms. The Balaban J connectivity index is 2.35. The van der Waals surface area contributed by atoms with Crippen LogP contribution in [-0.2, 0) is 10.0 Å². The van der Waals surface area contributed by atoms with E-state index in [1.54, 1.807) is 6.07 Å². The second-order valence-corrected chi connectivity index (χ2v) is 7.26. The SMILES string of the molecule is COc1ccc(N)cc1S(=O)(=O)Nc1nc(C(C)C)cs1. The van der Waals surface area contributed by atoms with Crippen LogP contribution < -0.4 is 15.2 Å². The van der Waals surface area contributed by atoms with Gasteiger partial charge in [-0.05, 0) is 24.1 Å². The van der Waals surface area contributed by atoms with Crippen molar-refractivity contribution in [1.82, 2.24) is 4.98 Å². The second kappa shape index (κ2) is 5.90. The average molecular weight is 327 g/mol. The average Bonchev–Trinajstić information content (AvgIpc) is 2.86. The van der Waals surface area contributed by atoms with Crippen molar-refractivity contribution < 1.29 is 13.2 Å². The lowest BCUT2D eigenvalue weighted by Gasteiger charge is -2.10. The monoisotopic (exact) mass is 327 g/mol. The molecule has 0 amide bonds. The van der Waals surface area contributed by atoms with Crippen LogP contribution in [0.5, 0.6) is 5.75 Å². The fourth-order valence-corrected chi connectivity index (χ4v) is 4.00. The molecule has 2 rings (SSSR count). The molecule has 6 nitrogen and oxygen atoms in total. The molecule has 3 N–H and O–H groups in total. The number of ether oxygens (including phenoxy) is 1. The van der Waals surface area contributed by atoms with Gasteiger partial charge in [0.2, 0.25) is 0 Å². The van der Waals surface area contributed by atoms with Gasteiger partial charge in [0.15, 0.2) is 5.13 Å². The van der Waals surface area contributed by atoms with Crippen LogP contribution in [0.25, 0.3) is 0 Å². The number of benzene rings is 1. The molecule has 1 aromatic heterocycles. The van der Waals surface area contributed by atoms with Crippen molar-refractivity contribution in [2.45, 2.75) is 24.7 Å². The van der Waals surface area contributed by atoms with Crippen molar-refractivity contribution >= 4 is 32.2 Å². The van der Waals surface area contributed by atoms with Crippen LogP contribution in [0.3, 0.4) is 0 Å². The summed E-state index contributed by atoms with van der Waals surface area (Å²) in [6.45, 7) is 3.99. The fraction of sp³-hybridized carbons (Fsp3) is 0.308. The number of anilines is 2. The zero-order chi connectivity index (χ0) is 15.6. The summed E-state index contributed by atoms with van der Waals surface area (Å²) in [5.74, 6) is 0.471. The van der Waals surface area contributed by atoms with E-state index in [1.807, 2.05) is 19.2 Å². The van der Waals surface area contributed by atoms with E-state index in [0.29, 0.717) is 10.8 Å². The van der Waals surface area contributed by atoms with Gasteiger partial charge in [-0.25, -0.2) is 13.4 Å². The Bertz CT molecular complexity index is 739. The topological polar surface area (TPSA) is 94.3 Å². The first-order chi connectivity index (χ1) is 9.83. The largest absolute Gasteiger partial charge is 0.495 e. The molecule has 8 heteroatoms. The molecule has 0 bridgehead atoms. The van der Waals surface area contributed by atoms with Crippen molar-refractivity contribution in [3.05, 3.63) is 29.3 Å². The van der Waals surface area contributed by atoms with Crippen LogP contribution in [0.1, 0.15) is 25.5 Å². The molecular formula is C13H17N3O3S2. The molecule has 1 heterocycles. The Kier molecular flexibility index (Phi) is 4.38. The van der Waals surface area contributed by atoms with Crippen LogP contribution in [0, 0.1) is 0 Å². The molecule has 0 aliphatic carbocycles. The maximum absolute atomic E-state index is 12.4. The van der Waals surface area contributed by atoms with Crippen molar-refractivity contribution in [2.24, 2.45) is 0 Å². The number of aromatic nitrogens is 1. The molecular weight excluding hydrogens is 310 g/mol. The highest BCUT2D eigenvalue weighted by molar-refractivity contribution is 7.93. The van der Waals surface area contributed by atoms with Gasteiger partial charge in [0.1, 0.15) is 10.6 Å². The number of methoxy groups -OCH3 is 1. The van der Waals surface area contributed by atoms with Crippen molar-refractivity contribution in [3.8, 4) is 5.75 Å². The van der Waals surface area contributed by atoms with Crippen molar-refractivity contribution in [3.63, 3.8) is 0 Å². The Labute approximate surface area is 128 Å². The Morgan fingerprint density at radius 1 is 1.38 bits per heavy atom. The molecule has 2 aromatic rings. The molecule has 114 valence electrons. The Morgan fingerprint density at radius 2 is 2.10 bits per heavy atom. The molecule has 0 unspecified atom stereocenters. The first-order valence-electron chi connectivity index (χ1n) is 6.25. The number of thiazole rings is 1. The lowest BCUT2D eigenvalue weighted by molar-refractivity contribution is 0.403. The summed E-state index contributed by atoms with van der Waals surface area (Å²) in [5, 5.41) is 2.15. The maximum atomic E-state index is 12.4. The zero-order valence-electron chi connectivity index (χ0n) is 12.0. The van der Waals surface area contributed by atoms with E-state index in [0.717, 1.165) is 5.69 Å². The molecule has 0 aliphatic rings. The third-order valence-electron chi connectivity index (χ3n) is 2.81. The van der Waals surface area contributed by atoms with Gasteiger partial charge in [-0.3, -0.25) is 4.72 Å². The lowest BCUT2D eigenvalue weighted by Crippen LogP contribution is -2.14. The van der Waals surface area contributed by atoms with Gasteiger partial charge in [-0.1, -0.05) is 13.8 Å². The van der Waals surface area contributed by atoms with Crippen LogP contribution in [-0.4, -0.2) is 20.5 Å². The van der Waals surface area contributed by atoms with Gasteiger partial charge in [0.25, 0.3) is 10.0 Å². The minimum absolute atomic E-state index is 0.00806. The third-order valence-corrected chi connectivity index (χ3v) is 5.08. The molecule has 0 fully saturated rings. The first kappa shape index (κ1) is 15.6. The molecule has 0 atom stereocenters. The van der Waals surface area contributed by atoms with Gasteiger partial charge < -0.3 is 10.5 Å². The van der Waals surface area contributed by atoms with Gasteiger partial charge in [0.05, 0.1) is 12.8 Å². The van der Waals surface area contributed by atoms with E-state index in [9.17, 15) is 8.42 Å². The van der Waals surface area contributed by atoms with Gasteiger partial charge >= 0.3 is 0 Å². The number of sulfonamides is 1. The summed E-state index contributed by atoms with van der Waals surface area (Å²) in [7, 11) is -2.39. The summed E-state index contributed by atoms with van der Waals surface area (Å²) < 4.78 is 32.4. The van der Waals surface area contributed by atoms with Crippen LogP contribution in [0.15, 0.2) is 28.5 Å². The first-order valence-corrected chi connectivity index (χ1v) is 8.61. The van der Waals surface area contributed by atoms with Gasteiger partial charge in [0, 0.05) is 11.1 Å². The summed E-state index contributed by atoms with van der Waals surface area (Å²) in [5.41, 5.74) is 6.85. The highest BCUT2D eigenvalue weighted by Gasteiger charge is 2.21. The molecule has 0 spiro atoms. The molecule has 0 radical (unpaired) electrons. The minimum Gasteiger partial charge on any atom is -0.495 e. The van der Waals surface area contributed by atoms with E-state index < -0.39 is 10.0 Å². The smallest absolute Gasteiger partial charge is 0.267 e. The third kappa shape index (κ3) is 3.45. The predicted molar refractivity (Wildman–Crippen MR) is 84.4 cm³/mol. The lowest BCUT2D eigenvalue weighted by atomic mass is 10.2. The van der Waals surface area contributed by atoms with E-state index in [4.69, 9.17) is 10.5 Å². The molecule has 0 aliphatic heterocycles. The summed E-state index contributed by atoms with van der Waals surface area (Å²) >= 11 is 1.24. The predicted octanol–water partition coefficient (Wildman–Crippen LogP) is 2.66. The minimum atomic E-state index is -3.80. The highest BCUT2D eigenvalue weighted by atomic mass is 32.2. The van der Waals surface area contributed by atoms with Crippen molar-refractivity contribution in [2.75, 3.05) is 17.6 Å². The van der Waals surface area contributed by atoms with Crippen LogP contribution in [0.4, 0.5) is 10.8 Å². The van der Waals surface area contributed by atoms with Crippen LogP contribution in [0.2, 0.25) is 0 Å². The summed E-state index contributed by atoms with van der Waals surface area (Å²) in [4.78, 5) is 4.25. The standard InChI is InChI=1S/C13H17N3O3S2/c1-8(2)10-7-20-13(15-10)16-21(17,18)12-6-9(14)4-5-11(12)19-3/h4-8H,14H2,1-3H3,(H,15,16). The number of nitrogens with one attached hydrogen (secondary N) is 1. The number of nitrogens with zero attached hydrogens (tertiary/aromatic N) is 1. The highest BCUT2D eigenvalue weighted by Crippen LogP contribution is 2.29.